The van der Waals surface area contributed by atoms with Gasteiger partial charge in [-0.3, -0.25) is 14.1 Å². The molecule has 0 saturated carbocycles. The Balaban J connectivity index is 4.43. The molecular formula is C7H13N2O9P. The first-order valence-electron chi connectivity index (χ1n) is 4.73. The quantitative estimate of drug-likeness (QED) is 0.260. The van der Waals surface area contributed by atoms with E-state index in [2.05, 4.69) is 4.52 Å². The molecule has 0 aromatic rings. The Kier molecular flexibility index (Phi) is 6.59. The van der Waals surface area contributed by atoms with E-state index in [-0.39, 0.29) is 0 Å². The summed E-state index contributed by atoms with van der Waals surface area (Å²) >= 11 is 0. The van der Waals surface area contributed by atoms with Crippen molar-refractivity contribution >= 4 is 25.7 Å². The standard InChI is InChI=1S/C7H13N2O9P/c8-3(2-18-19(15,16)17)6(12)9-4(7(13)14)1-5(10)11/h3-4H,1-2,8H2,(H,9,12)(H,10,11)(H,13,14)(H2,15,16,17)/t3-,4-/m0/s1. The predicted octanol–water partition coefficient (Wildman–Crippen LogP) is -2.53. The molecule has 0 saturated heterocycles. The zero-order valence-corrected chi connectivity index (χ0v) is 10.3. The number of aliphatic carboxylic acids is 2. The number of phosphoric ester groups is 1. The first kappa shape index (κ1) is 17.5. The third kappa shape index (κ3) is 8.24. The van der Waals surface area contributed by atoms with Crippen molar-refractivity contribution in [3.05, 3.63) is 0 Å². The summed E-state index contributed by atoms with van der Waals surface area (Å²) in [7, 11) is -4.81. The van der Waals surface area contributed by atoms with Gasteiger partial charge in [-0.05, 0) is 0 Å². The second-order valence-corrected chi connectivity index (χ2v) is 4.63. The SMILES string of the molecule is N[C@@H](COP(=O)(O)O)C(=O)N[C@@H](CC(=O)O)C(=O)O. The van der Waals surface area contributed by atoms with Crippen LogP contribution in [-0.2, 0) is 23.5 Å². The van der Waals surface area contributed by atoms with Gasteiger partial charge in [-0.15, -0.1) is 0 Å². The Hall–Kier alpha value is -1.52. The molecule has 0 aliphatic heterocycles. The van der Waals surface area contributed by atoms with Crippen LogP contribution in [0.25, 0.3) is 0 Å². The molecule has 0 unspecified atom stereocenters. The van der Waals surface area contributed by atoms with Crippen LogP contribution in [0.5, 0.6) is 0 Å². The van der Waals surface area contributed by atoms with Crippen molar-refractivity contribution in [2.45, 2.75) is 18.5 Å². The molecule has 11 nitrogen and oxygen atoms in total. The molecule has 0 aliphatic rings. The fourth-order valence-electron chi connectivity index (χ4n) is 0.907. The summed E-state index contributed by atoms with van der Waals surface area (Å²) in [5.41, 5.74) is 5.18. The van der Waals surface area contributed by atoms with Gasteiger partial charge in [-0.2, -0.15) is 0 Å². The normalized spacial score (nSPS) is 14.5. The number of carboxylic acids is 2. The zero-order chi connectivity index (χ0) is 15.2. The highest BCUT2D eigenvalue weighted by molar-refractivity contribution is 7.46. The Morgan fingerprint density at radius 2 is 1.79 bits per heavy atom. The van der Waals surface area contributed by atoms with E-state index in [1.165, 1.54) is 0 Å². The van der Waals surface area contributed by atoms with Crippen molar-refractivity contribution in [1.29, 1.82) is 0 Å². The number of phosphoric acid groups is 1. The highest BCUT2D eigenvalue weighted by Gasteiger charge is 2.27. The molecule has 0 spiro atoms. The third-order valence-corrected chi connectivity index (χ3v) is 2.24. The minimum Gasteiger partial charge on any atom is -0.481 e. The van der Waals surface area contributed by atoms with Crippen molar-refractivity contribution in [1.82, 2.24) is 5.32 Å². The monoisotopic (exact) mass is 300 g/mol. The Labute approximate surface area is 106 Å². The maximum absolute atomic E-state index is 11.3. The molecule has 0 aliphatic carbocycles. The Morgan fingerprint density at radius 3 is 2.16 bits per heavy atom. The molecule has 12 heteroatoms. The first-order valence-corrected chi connectivity index (χ1v) is 6.26. The largest absolute Gasteiger partial charge is 0.481 e. The van der Waals surface area contributed by atoms with Crippen LogP contribution < -0.4 is 11.1 Å². The van der Waals surface area contributed by atoms with Gasteiger partial charge in [0, 0.05) is 0 Å². The summed E-state index contributed by atoms with van der Waals surface area (Å²) < 4.78 is 14.3. The maximum atomic E-state index is 11.3. The number of rotatable bonds is 8. The third-order valence-electron chi connectivity index (χ3n) is 1.75. The van der Waals surface area contributed by atoms with Crippen molar-refractivity contribution in [3.63, 3.8) is 0 Å². The van der Waals surface area contributed by atoms with Crippen LogP contribution in [0.2, 0.25) is 0 Å². The number of hydrogen-bond acceptors (Lipinski definition) is 6. The number of hydrogen-bond donors (Lipinski definition) is 6. The van der Waals surface area contributed by atoms with E-state index in [0.717, 1.165) is 0 Å². The van der Waals surface area contributed by atoms with Gasteiger partial charge in [-0.1, -0.05) is 0 Å². The van der Waals surface area contributed by atoms with E-state index in [4.69, 9.17) is 25.7 Å². The summed E-state index contributed by atoms with van der Waals surface area (Å²) in [6.45, 7) is -0.852. The number of amides is 1. The van der Waals surface area contributed by atoms with Crippen molar-refractivity contribution < 1.29 is 43.5 Å². The number of carbonyl (C=O) groups is 3. The van der Waals surface area contributed by atoms with Crippen molar-refractivity contribution in [2.75, 3.05) is 6.61 Å². The highest BCUT2D eigenvalue weighted by atomic mass is 31.2. The molecule has 110 valence electrons. The van der Waals surface area contributed by atoms with Gasteiger partial charge in [0.25, 0.3) is 0 Å². The lowest BCUT2D eigenvalue weighted by molar-refractivity contribution is -0.147. The molecule has 0 fully saturated rings. The smallest absolute Gasteiger partial charge is 0.469 e. The van der Waals surface area contributed by atoms with Crippen LogP contribution in [0.4, 0.5) is 0 Å². The minimum absolute atomic E-state index is 0.852. The van der Waals surface area contributed by atoms with Crippen LogP contribution in [0.3, 0.4) is 0 Å². The lowest BCUT2D eigenvalue weighted by Crippen LogP contribution is -2.50. The lowest BCUT2D eigenvalue weighted by atomic mass is 10.2. The summed E-state index contributed by atoms with van der Waals surface area (Å²) in [6.07, 6.45) is -0.868. The highest BCUT2D eigenvalue weighted by Crippen LogP contribution is 2.35. The van der Waals surface area contributed by atoms with E-state index in [1.807, 2.05) is 0 Å². The Morgan fingerprint density at radius 1 is 1.26 bits per heavy atom. The number of nitrogens with two attached hydrogens (primary N) is 1. The number of carbonyl (C=O) groups excluding carboxylic acids is 1. The van der Waals surface area contributed by atoms with Crippen LogP contribution in [0.15, 0.2) is 0 Å². The molecule has 0 rings (SSSR count). The van der Waals surface area contributed by atoms with Crippen molar-refractivity contribution in [3.8, 4) is 0 Å². The van der Waals surface area contributed by atoms with Gasteiger partial charge in [0.05, 0.1) is 13.0 Å². The zero-order valence-electron chi connectivity index (χ0n) is 9.42. The number of carboxylic acid groups (broad SMARTS) is 2. The summed E-state index contributed by atoms with van der Waals surface area (Å²) in [6, 6.07) is -3.26. The second-order valence-electron chi connectivity index (χ2n) is 3.39. The van der Waals surface area contributed by atoms with Crippen LogP contribution in [0.1, 0.15) is 6.42 Å². The fraction of sp³-hybridized carbons (Fsp3) is 0.571. The van der Waals surface area contributed by atoms with Gasteiger partial charge in [0.1, 0.15) is 12.1 Å². The predicted molar refractivity (Wildman–Crippen MR) is 57.8 cm³/mol. The van der Waals surface area contributed by atoms with E-state index in [9.17, 15) is 18.9 Å². The van der Waals surface area contributed by atoms with Gasteiger partial charge in [0.2, 0.25) is 5.91 Å². The molecule has 2 atom stereocenters. The van der Waals surface area contributed by atoms with Gasteiger partial charge in [-0.25, -0.2) is 9.36 Å². The molecule has 1 amide bonds. The van der Waals surface area contributed by atoms with E-state index < -0.39 is 50.8 Å². The molecule has 7 N–H and O–H groups in total. The van der Waals surface area contributed by atoms with Gasteiger partial charge >= 0.3 is 19.8 Å². The Bertz CT molecular complexity index is 405. The fourth-order valence-corrected chi connectivity index (χ4v) is 1.26. The average molecular weight is 300 g/mol. The lowest BCUT2D eigenvalue weighted by Gasteiger charge is -2.16. The minimum atomic E-state index is -4.81. The molecule has 0 aromatic heterocycles. The molecule has 19 heavy (non-hydrogen) atoms. The molecular weight excluding hydrogens is 287 g/mol. The summed E-state index contributed by atoms with van der Waals surface area (Å²) in [5, 5.41) is 18.9. The van der Waals surface area contributed by atoms with Gasteiger partial charge in [0.15, 0.2) is 0 Å². The molecule has 0 heterocycles. The van der Waals surface area contributed by atoms with Gasteiger partial charge < -0.3 is 31.1 Å². The molecule has 0 aromatic carbocycles. The average Bonchev–Trinajstić information content (AvgIpc) is 2.22. The van der Waals surface area contributed by atoms with E-state index in [0.29, 0.717) is 0 Å². The van der Waals surface area contributed by atoms with Crippen molar-refractivity contribution in [2.24, 2.45) is 5.73 Å². The van der Waals surface area contributed by atoms with E-state index in [1.54, 1.807) is 5.32 Å². The summed E-state index contributed by atoms with van der Waals surface area (Å²) in [4.78, 5) is 49.0. The second kappa shape index (κ2) is 7.16. The first-order chi connectivity index (χ1) is 8.53. The molecule has 0 bridgehead atoms. The number of nitrogens with one attached hydrogen (secondary N) is 1. The van der Waals surface area contributed by atoms with Crippen LogP contribution in [0, 0.1) is 0 Å². The molecule has 0 radical (unpaired) electrons. The summed E-state index contributed by atoms with van der Waals surface area (Å²) in [5.74, 6) is -4.14. The maximum Gasteiger partial charge on any atom is 0.469 e. The van der Waals surface area contributed by atoms with E-state index >= 15 is 0 Å². The topological polar surface area (TPSA) is 196 Å². The van der Waals surface area contributed by atoms with Crippen LogP contribution >= 0.6 is 7.82 Å². The van der Waals surface area contributed by atoms with Crippen LogP contribution in [-0.4, -0.2) is 56.5 Å².